The van der Waals surface area contributed by atoms with Gasteiger partial charge in [0.15, 0.2) is 5.78 Å². The number of carbonyl (C=O) groups is 4. The van der Waals surface area contributed by atoms with Crippen LogP contribution in [0, 0.1) is 11.3 Å². The number of nitrogens with zero attached hydrogens (tertiary/aromatic N) is 4. The van der Waals surface area contributed by atoms with E-state index in [1.54, 1.807) is 6.07 Å². The van der Waals surface area contributed by atoms with E-state index in [-0.39, 0.29) is 18.9 Å². The fourth-order valence-electron chi connectivity index (χ4n) is 2.07. The minimum atomic E-state index is -1.38. The zero-order valence-electron chi connectivity index (χ0n) is 12.8. The van der Waals surface area contributed by atoms with Crippen molar-refractivity contribution in [1.29, 1.82) is 5.26 Å². The summed E-state index contributed by atoms with van der Waals surface area (Å²) in [7, 11) is 0. The first-order valence-electron chi connectivity index (χ1n) is 6.85. The standard InChI is InChI=1S/C13H16N4O6S/c1-8(18)17(10(7-24)12(20)21)9(2-3-14)11(19)6-15-16-4-5-23-13(16)22/h6,9-10,24H,2,4-5,7H2,1H3,(H,20,21)/t9-,10-/m0/s1. The van der Waals surface area contributed by atoms with Gasteiger partial charge in [0, 0.05) is 12.7 Å². The summed E-state index contributed by atoms with van der Waals surface area (Å²) in [5.74, 6) is -3.06. The van der Waals surface area contributed by atoms with Gasteiger partial charge >= 0.3 is 12.1 Å². The lowest BCUT2D eigenvalue weighted by molar-refractivity contribution is -0.151. The Labute approximate surface area is 143 Å². The molecule has 0 aromatic rings. The monoisotopic (exact) mass is 356 g/mol. The SMILES string of the molecule is CC(=O)N([C@@H](CS)C(=O)O)[C@@H](CC#N)C(=O)C=NN1CCOC1=O. The number of carbonyl (C=O) groups excluding carboxylic acids is 3. The van der Waals surface area contributed by atoms with Gasteiger partial charge in [-0.05, 0) is 0 Å². The number of cyclic esters (lactones) is 1. The number of rotatable bonds is 8. The maximum absolute atomic E-state index is 12.3. The summed E-state index contributed by atoms with van der Waals surface area (Å²) in [5.41, 5.74) is 0. The molecule has 1 saturated heterocycles. The fraction of sp³-hybridized carbons (Fsp3) is 0.538. The summed E-state index contributed by atoms with van der Waals surface area (Å²) < 4.78 is 4.64. The molecule has 2 amide bonds. The second-order valence-electron chi connectivity index (χ2n) is 4.73. The lowest BCUT2D eigenvalue weighted by Gasteiger charge is -2.32. The fourth-order valence-corrected chi connectivity index (χ4v) is 2.40. The van der Waals surface area contributed by atoms with Crippen LogP contribution in [0.15, 0.2) is 5.10 Å². The minimum Gasteiger partial charge on any atom is -0.480 e. The third-order valence-electron chi connectivity index (χ3n) is 3.17. The molecule has 0 radical (unpaired) electrons. The topological polar surface area (TPSA) is 140 Å². The molecule has 0 bridgehead atoms. The highest BCUT2D eigenvalue weighted by Gasteiger charge is 2.36. The summed E-state index contributed by atoms with van der Waals surface area (Å²) in [6, 6.07) is -0.982. The molecule has 0 saturated carbocycles. The zero-order chi connectivity index (χ0) is 18.3. The predicted octanol–water partition coefficient (Wildman–Crippen LogP) is -0.493. The largest absolute Gasteiger partial charge is 0.480 e. The lowest BCUT2D eigenvalue weighted by atomic mass is 10.1. The van der Waals surface area contributed by atoms with E-state index in [4.69, 9.17) is 5.26 Å². The third kappa shape index (κ3) is 4.69. The van der Waals surface area contributed by atoms with Crippen LogP contribution < -0.4 is 0 Å². The quantitative estimate of drug-likeness (QED) is 0.441. The molecule has 0 aromatic carbocycles. The van der Waals surface area contributed by atoms with Crippen LogP contribution in [0.2, 0.25) is 0 Å². The number of thiol groups is 1. The summed E-state index contributed by atoms with van der Waals surface area (Å²) in [5, 5.41) is 22.6. The van der Waals surface area contributed by atoms with E-state index in [9.17, 15) is 24.3 Å². The van der Waals surface area contributed by atoms with Crippen LogP contribution in [0.3, 0.4) is 0 Å². The van der Waals surface area contributed by atoms with Gasteiger partial charge in [-0.25, -0.2) is 9.59 Å². The molecule has 10 nitrogen and oxygen atoms in total. The number of hydrogen-bond donors (Lipinski definition) is 2. The lowest BCUT2D eigenvalue weighted by Crippen LogP contribution is -2.54. The Morgan fingerprint density at radius 2 is 2.21 bits per heavy atom. The van der Waals surface area contributed by atoms with Gasteiger partial charge in [0.2, 0.25) is 5.91 Å². The molecule has 1 rings (SSSR count). The molecule has 0 unspecified atom stereocenters. The Morgan fingerprint density at radius 1 is 1.54 bits per heavy atom. The van der Waals surface area contributed by atoms with Crippen LogP contribution in [0.25, 0.3) is 0 Å². The molecule has 1 fully saturated rings. The van der Waals surface area contributed by atoms with Crippen molar-refractivity contribution in [3.63, 3.8) is 0 Å². The Morgan fingerprint density at radius 3 is 2.62 bits per heavy atom. The van der Waals surface area contributed by atoms with Gasteiger partial charge in [-0.3, -0.25) is 9.59 Å². The molecule has 1 aliphatic rings. The van der Waals surface area contributed by atoms with E-state index in [0.29, 0.717) is 0 Å². The van der Waals surface area contributed by atoms with Crippen molar-refractivity contribution in [3.05, 3.63) is 0 Å². The number of nitriles is 1. The van der Waals surface area contributed by atoms with E-state index in [1.165, 1.54) is 0 Å². The number of hydrogen-bond acceptors (Lipinski definition) is 8. The minimum absolute atomic E-state index is 0.131. The highest BCUT2D eigenvalue weighted by Crippen LogP contribution is 2.13. The van der Waals surface area contributed by atoms with Crippen LogP contribution >= 0.6 is 12.6 Å². The number of carboxylic acids is 1. The average Bonchev–Trinajstić information content (AvgIpc) is 2.92. The molecule has 1 N–H and O–H groups in total. The van der Waals surface area contributed by atoms with Gasteiger partial charge in [0.1, 0.15) is 18.7 Å². The van der Waals surface area contributed by atoms with Gasteiger partial charge in [0.05, 0.1) is 25.2 Å². The Bertz CT molecular complexity index is 602. The molecule has 1 heterocycles. The average molecular weight is 356 g/mol. The maximum atomic E-state index is 12.3. The summed E-state index contributed by atoms with van der Waals surface area (Å²) in [6.45, 7) is 1.38. The number of carboxylic acid groups (broad SMARTS) is 1. The molecule has 1 aliphatic heterocycles. The van der Waals surface area contributed by atoms with E-state index in [2.05, 4.69) is 22.5 Å². The molecular formula is C13H16N4O6S. The molecule has 24 heavy (non-hydrogen) atoms. The Balaban J connectivity index is 3.04. The molecule has 11 heteroatoms. The van der Waals surface area contributed by atoms with Crippen LogP contribution in [-0.4, -0.2) is 76.0 Å². The zero-order valence-corrected chi connectivity index (χ0v) is 13.7. The Kier molecular flexibility index (Phi) is 7.19. The highest BCUT2D eigenvalue weighted by atomic mass is 32.1. The molecule has 130 valence electrons. The van der Waals surface area contributed by atoms with Crippen molar-refractivity contribution in [2.24, 2.45) is 5.10 Å². The second kappa shape index (κ2) is 8.88. The van der Waals surface area contributed by atoms with Crippen molar-refractivity contribution < 1.29 is 29.0 Å². The first kappa shape index (κ1) is 19.4. The van der Waals surface area contributed by atoms with E-state index >= 15 is 0 Å². The number of ketones is 1. The van der Waals surface area contributed by atoms with Crippen LogP contribution in [0.5, 0.6) is 0 Å². The first-order chi connectivity index (χ1) is 11.3. The van der Waals surface area contributed by atoms with E-state index in [0.717, 1.165) is 23.0 Å². The maximum Gasteiger partial charge on any atom is 0.430 e. The van der Waals surface area contributed by atoms with Crippen molar-refractivity contribution in [1.82, 2.24) is 9.91 Å². The number of aliphatic carboxylic acids is 1. The third-order valence-corrected chi connectivity index (χ3v) is 3.52. The number of hydrazone groups is 1. The molecule has 2 atom stereocenters. The van der Waals surface area contributed by atoms with Gasteiger partial charge in [-0.2, -0.15) is 28.0 Å². The van der Waals surface area contributed by atoms with E-state index in [1.807, 2.05) is 0 Å². The van der Waals surface area contributed by atoms with Crippen molar-refractivity contribution in [2.75, 3.05) is 18.9 Å². The highest BCUT2D eigenvalue weighted by molar-refractivity contribution is 7.80. The molecule has 0 aliphatic carbocycles. The smallest absolute Gasteiger partial charge is 0.430 e. The van der Waals surface area contributed by atoms with Crippen molar-refractivity contribution >= 4 is 42.6 Å². The summed E-state index contributed by atoms with van der Waals surface area (Å²) >= 11 is 3.88. The van der Waals surface area contributed by atoms with Crippen molar-refractivity contribution in [2.45, 2.75) is 25.4 Å². The number of ether oxygens (including phenoxy) is 1. The van der Waals surface area contributed by atoms with Crippen LogP contribution in [0.1, 0.15) is 13.3 Å². The van der Waals surface area contributed by atoms with Gasteiger partial charge in [0.25, 0.3) is 0 Å². The molecular weight excluding hydrogens is 340 g/mol. The normalized spacial score (nSPS) is 16.4. The second-order valence-corrected chi connectivity index (χ2v) is 5.09. The summed E-state index contributed by atoms with van der Waals surface area (Å²) in [4.78, 5) is 47.4. The predicted molar refractivity (Wildman–Crippen MR) is 83.4 cm³/mol. The number of Topliss-reactive ketones (excluding diaryl/α,β-unsaturated/α-hetero) is 1. The van der Waals surface area contributed by atoms with Crippen LogP contribution in [0.4, 0.5) is 4.79 Å². The summed E-state index contributed by atoms with van der Waals surface area (Å²) in [6.07, 6.45) is -0.368. The van der Waals surface area contributed by atoms with Gasteiger partial charge in [-0.1, -0.05) is 0 Å². The Hall–Kier alpha value is -2.61. The van der Waals surface area contributed by atoms with Gasteiger partial charge < -0.3 is 14.7 Å². The van der Waals surface area contributed by atoms with Crippen LogP contribution in [-0.2, 0) is 19.1 Å². The first-order valence-corrected chi connectivity index (χ1v) is 7.48. The molecule has 0 spiro atoms. The van der Waals surface area contributed by atoms with E-state index < -0.39 is 42.3 Å². The van der Waals surface area contributed by atoms with Crippen molar-refractivity contribution in [3.8, 4) is 6.07 Å². The molecule has 0 aromatic heterocycles. The number of amides is 2. The van der Waals surface area contributed by atoms with Gasteiger partial charge in [-0.15, -0.1) is 0 Å².